The Labute approximate surface area is 181 Å². The van der Waals surface area contributed by atoms with Gasteiger partial charge in [0.2, 0.25) is 0 Å². The number of ketones is 1. The molecule has 0 atom stereocenters. The highest BCUT2D eigenvalue weighted by atomic mass is 32.2. The third kappa shape index (κ3) is 4.68. The van der Waals surface area contributed by atoms with Crippen LogP contribution in [0.5, 0.6) is 0 Å². The Morgan fingerprint density at radius 3 is 2.67 bits per heavy atom. The topological polar surface area (TPSA) is 66.1 Å². The van der Waals surface area contributed by atoms with Crippen LogP contribution in [0.25, 0.3) is 10.9 Å². The number of rotatable bonds is 10. The summed E-state index contributed by atoms with van der Waals surface area (Å²) in [4.78, 5) is 30.7. The van der Waals surface area contributed by atoms with Crippen molar-refractivity contribution in [3.63, 3.8) is 0 Å². The minimum absolute atomic E-state index is 0.0568. The van der Waals surface area contributed by atoms with Gasteiger partial charge < -0.3 is 9.30 Å². The first-order chi connectivity index (χ1) is 14.5. The first-order valence-electron chi connectivity index (χ1n) is 10.3. The van der Waals surface area contributed by atoms with Crippen molar-refractivity contribution in [2.75, 3.05) is 19.5 Å². The summed E-state index contributed by atoms with van der Waals surface area (Å²) in [6, 6.07) is 9.30. The number of nitrogens with zero attached hydrogens (tertiary/aromatic N) is 3. The minimum Gasteiger partial charge on any atom is -0.385 e. The van der Waals surface area contributed by atoms with Crippen molar-refractivity contribution >= 4 is 28.4 Å². The van der Waals surface area contributed by atoms with E-state index in [0.29, 0.717) is 35.6 Å². The van der Waals surface area contributed by atoms with Gasteiger partial charge in [-0.1, -0.05) is 30.8 Å². The van der Waals surface area contributed by atoms with Gasteiger partial charge in [0, 0.05) is 43.8 Å². The summed E-state index contributed by atoms with van der Waals surface area (Å²) < 4.78 is 8.99. The summed E-state index contributed by atoms with van der Waals surface area (Å²) >= 11 is 1.33. The summed E-state index contributed by atoms with van der Waals surface area (Å²) in [6.07, 6.45) is 1.73. The number of Topliss-reactive ketones (excluding diaryl/α,β-unsaturated/α-hetero) is 1. The lowest BCUT2D eigenvalue weighted by atomic mass is 10.2. The standard InChI is InChI=1S/C23H29N3O3S/c1-5-11-25-16(2)14-19(17(25)3)21(27)15-30-23-24-20-10-7-6-9-18(20)22(28)26(23)12-8-13-29-4/h6-7,9-10,14H,5,8,11-13,15H2,1-4H3. The van der Waals surface area contributed by atoms with Crippen LogP contribution in [-0.4, -0.2) is 39.4 Å². The van der Waals surface area contributed by atoms with E-state index in [1.54, 1.807) is 17.7 Å². The van der Waals surface area contributed by atoms with Crippen LogP contribution in [0.15, 0.2) is 40.3 Å². The van der Waals surface area contributed by atoms with Gasteiger partial charge in [0.15, 0.2) is 10.9 Å². The van der Waals surface area contributed by atoms with Crippen LogP contribution in [0.1, 0.15) is 41.5 Å². The molecule has 0 bridgehead atoms. The molecular weight excluding hydrogens is 398 g/mol. The Hall–Kier alpha value is -2.38. The van der Waals surface area contributed by atoms with Crippen molar-refractivity contribution in [1.29, 1.82) is 0 Å². The molecule has 0 fully saturated rings. The Morgan fingerprint density at radius 1 is 1.17 bits per heavy atom. The number of ether oxygens (including phenoxy) is 1. The second-order valence-electron chi connectivity index (χ2n) is 7.36. The maximum atomic E-state index is 13.0. The Kier molecular flexibility index (Phi) is 7.50. The molecule has 7 heteroatoms. The van der Waals surface area contributed by atoms with Crippen molar-refractivity contribution in [1.82, 2.24) is 14.1 Å². The highest BCUT2D eigenvalue weighted by molar-refractivity contribution is 7.99. The normalized spacial score (nSPS) is 11.3. The van der Waals surface area contributed by atoms with Crippen LogP contribution in [-0.2, 0) is 17.8 Å². The lowest BCUT2D eigenvalue weighted by Crippen LogP contribution is -2.24. The number of hydrogen-bond acceptors (Lipinski definition) is 5. The number of thioether (sulfide) groups is 1. The number of fused-ring (bicyclic) bond motifs is 1. The molecule has 0 aliphatic carbocycles. The quantitative estimate of drug-likeness (QED) is 0.210. The van der Waals surface area contributed by atoms with Crippen LogP contribution in [0.3, 0.4) is 0 Å². The Bertz CT molecular complexity index is 1100. The lowest BCUT2D eigenvalue weighted by Gasteiger charge is -2.13. The third-order valence-corrected chi connectivity index (χ3v) is 6.19. The van der Waals surface area contributed by atoms with Gasteiger partial charge in [-0.05, 0) is 44.9 Å². The number of aromatic nitrogens is 3. The fraction of sp³-hybridized carbons (Fsp3) is 0.435. The Balaban J connectivity index is 1.87. The van der Waals surface area contributed by atoms with E-state index in [2.05, 4.69) is 16.5 Å². The molecule has 6 nitrogen and oxygen atoms in total. The van der Waals surface area contributed by atoms with Crippen LogP contribution in [0, 0.1) is 13.8 Å². The number of carbonyl (C=O) groups is 1. The van der Waals surface area contributed by atoms with E-state index in [9.17, 15) is 9.59 Å². The maximum absolute atomic E-state index is 13.0. The molecule has 1 aromatic carbocycles. The van der Waals surface area contributed by atoms with E-state index < -0.39 is 0 Å². The van der Waals surface area contributed by atoms with Crippen LogP contribution in [0.2, 0.25) is 0 Å². The summed E-state index contributed by atoms with van der Waals surface area (Å²) in [5, 5.41) is 1.17. The average Bonchev–Trinajstić information content (AvgIpc) is 3.02. The molecule has 3 rings (SSSR count). The summed E-state index contributed by atoms with van der Waals surface area (Å²) in [5.41, 5.74) is 3.43. The van der Waals surface area contributed by atoms with Crippen LogP contribution in [0.4, 0.5) is 0 Å². The van der Waals surface area contributed by atoms with Crippen molar-refractivity contribution in [2.45, 2.75) is 51.9 Å². The van der Waals surface area contributed by atoms with E-state index in [-0.39, 0.29) is 17.1 Å². The minimum atomic E-state index is -0.0761. The van der Waals surface area contributed by atoms with Gasteiger partial charge in [0.25, 0.3) is 5.56 Å². The fourth-order valence-corrected chi connectivity index (χ4v) is 4.59. The van der Waals surface area contributed by atoms with Gasteiger partial charge in [-0.25, -0.2) is 4.98 Å². The number of carbonyl (C=O) groups excluding carboxylic acids is 1. The monoisotopic (exact) mass is 427 g/mol. The first kappa shape index (κ1) is 22.3. The molecule has 0 aliphatic rings. The molecule has 0 aliphatic heterocycles. The zero-order chi connectivity index (χ0) is 21.7. The van der Waals surface area contributed by atoms with Gasteiger partial charge in [0.1, 0.15) is 0 Å². The molecular formula is C23H29N3O3S. The van der Waals surface area contributed by atoms with Gasteiger partial charge in [-0.15, -0.1) is 0 Å². The van der Waals surface area contributed by atoms with Crippen molar-refractivity contribution < 1.29 is 9.53 Å². The number of aryl methyl sites for hydroxylation is 1. The van der Waals surface area contributed by atoms with Gasteiger partial charge in [0.05, 0.1) is 16.7 Å². The van der Waals surface area contributed by atoms with E-state index in [1.165, 1.54) is 11.8 Å². The third-order valence-electron chi connectivity index (χ3n) is 5.21. The van der Waals surface area contributed by atoms with Crippen LogP contribution >= 0.6 is 11.8 Å². The maximum Gasteiger partial charge on any atom is 0.262 e. The summed E-state index contributed by atoms with van der Waals surface area (Å²) in [6.45, 7) is 8.13. The molecule has 0 N–H and O–H groups in total. The molecule has 0 radical (unpaired) electrons. The van der Waals surface area contributed by atoms with Crippen molar-refractivity contribution in [3.05, 3.63) is 57.6 Å². The predicted octanol–water partition coefficient (Wildman–Crippen LogP) is 4.24. The van der Waals surface area contributed by atoms with Crippen molar-refractivity contribution in [2.24, 2.45) is 0 Å². The molecule has 0 spiro atoms. The predicted molar refractivity (Wildman–Crippen MR) is 122 cm³/mol. The second-order valence-corrected chi connectivity index (χ2v) is 8.31. The smallest absolute Gasteiger partial charge is 0.262 e. The first-order valence-corrected chi connectivity index (χ1v) is 11.3. The number of para-hydroxylation sites is 1. The molecule has 160 valence electrons. The molecule has 0 unspecified atom stereocenters. The number of hydrogen-bond donors (Lipinski definition) is 0. The molecule has 0 amide bonds. The largest absolute Gasteiger partial charge is 0.385 e. The average molecular weight is 428 g/mol. The van der Waals surface area contributed by atoms with Gasteiger partial charge >= 0.3 is 0 Å². The zero-order valence-corrected chi connectivity index (χ0v) is 18.9. The van der Waals surface area contributed by atoms with Crippen molar-refractivity contribution in [3.8, 4) is 0 Å². The van der Waals surface area contributed by atoms with E-state index >= 15 is 0 Å². The second kappa shape index (κ2) is 10.1. The lowest BCUT2D eigenvalue weighted by molar-refractivity contribution is 0.102. The molecule has 0 saturated carbocycles. The molecule has 3 aromatic rings. The zero-order valence-electron chi connectivity index (χ0n) is 18.1. The highest BCUT2D eigenvalue weighted by Crippen LogP contribution is 2.22. The SMILES string of the molecule is CCCn1c(C)cc(C(=O)CSc2nc3ccccc3c(=O)n2CCCOC)c1C. The van der Waals surface area contributed by atoms with Crippen LogP contribution < -0.4 is 5.56 Å². The highest BCUT2D eigenvalue weighted by Gasteiger charge is 2.18. The van der Waals surface area contributed by atoms with Gasteiger partial charge in [-0.2, -0.15) is 0 Å². The molecule has 2 heterocycles. The fourth-order valence-electron chi connectivity index (χ4n) is 3.68. The molecule has 2 aromatic heterocycles. The molecule has 30 heavy (non-hydrogen) atoms. The summed E-state index contributed by atoms with van der Waals surface area (Å²) in [5.74, 6) is 0.298. The number of methoxy groups -OCH3 is 1. The molecule has 0 saturated heterocycles. The van der Waals surface area contributed by atoms with E-state index in [0.717, 1.165) is 29.9 Å². The van der Waals surface area contributed by atoms with E-state index in [4.69, 9.17) is 4.74 Å². The van der Waals surface area contributed by atoms with Gasteiger partial charge in [-0.3, -0.25) is 14.2 Å². The number of benzene rings is 1. The van der Waals surface area contributed by atoms with E-state index in [1.807, 2.05) is 38.1 Å². The Morgan fingerprint density at radius 2 is 1.93 bits per heavy atom. The summed E-state index contributed by atoms with van der Waals surface area (Å²) in [7, 11) is 1.64.